The summed E-state index contributed by atoms with van der Waals surface area (Å²) in [6.07, 6.45) is 3.26. The molecule has 1 aromatic heterocycles. The van der Waals surface area contributed by atoms with Crippen LogP contribution in [0.5, 0.6) is 0 Å². The molecule has 1 aliphatic heterocycles. The second-order valence-electron chi connectivity index (χ2n) is 5.73. The first-order valence-corrected chi connectivity index (χ1v) is 9.23. The van der Waals surface area contributed by atoms with E-state index in [0.29, 0.717) is 12.2 Å². The summed E-state index contributed by atoms with van der Waals surface area (Å²) in [5, 5.41) is 2.63. The number of amides is 1. The molecule has 1 aliphatic rings. The fourth-order valence-corrected chi connectivity index (χ4v) is 4.61. The van der Waals surface area contributed by atoms with Crippen LogP contribution in [-0.4, -0.2) is 30.2 Å². The van der Waals surface area contributed by atoms with Crippen molar-refractivity contribution >= 4 is 21.6 Å². The minimum absolute atomic E-state index is 0.194. The molecule has 3 rings (SSSR count). The van der Waals surface area contributed by atoms with Crippen molar-refractivity contribution in [2.75, 3.05) is 11.9 Å². The zero-order chi connectivity index (χ0) is 17.2. The molecule has 126 valence electrons. The number of aromatic nitrogens is 1. The average molecular weight is 345 g/mol. The van der Waals surface area contributed by atoms with E-state index in [2.05, 4.69) is 10.3 Å². The first-order chi connectivity index (χ1) is 11.5. The maximum Gasteiger partial charge on any atom is 0.243 e. The third-order valence-electron chi connectivity index (χ3n) is 4.01. The number of rotatable bonds is 4. The number of hydrogen-bond donors (Lipinski definition) is 1. The molecule has 1 aromatic carbocycles. The molecule has 0 bridgehead atoms. The van der Waals surface area contributed by atoms with Gasteiger partial charge >= 0.3 is 0 Å². The summed E-state index contributed by atoms with van der Waals surface area (Å²) in [6.45, 7) is 1.89. The topological polar surface area (TPSA) is 79.4 Å². The number of benzene rings is 1. The van der Waals surface area contributed by atoms with E-state index < -0.39 is 10.0 Å². The lowest BCUT2D eigenvalue weighted by Gasteiger charge is -2.23. The Hall–Kier alpha value is -2.25. The predicted molar refractivity (Wildman–Crippen MR) is 90.8 cm³/mol. The molecule has 0 aliphatic carbocycles. The minimum Gasteiger partial charge on any atom is -0.326 e. The van der Waals surface area contributed by atoms with Crippen LogP contribution in [0.2, 0.25) is 0 Å². The van der Waals surface area contributed by atoms with Crippen LogP contribution in [0.4, 0.5) is 5.69 Å². The number of nitrogens with zero attached hydrogens (tertiary/aromatic N) is 2. The number of anilines is 1. The van der Waals surface area contributed by atoms with Crippen LogP contribution in [-0.2, 0) is 14.8 Å². The number of sulfonamides is 1. The fourth-order valence-electron chi connectivity index (χ4n) is 2.95. The normalized spacial score (nSPS) is 18.5. The molecule has 2 aromatic rings. The van der Waals surface area contributed by atoms with Crippen LogP contribution >= 0.6 is 0 Å². The van der Waals surface area contributed by atoms with E-state index in [-0.39, 0.29) is 16.8 Å². The Bertz CT molecular complexity index is 820. The van der Waals surface area contributed by atoms with Gasteiger partial charge in [0.1, 0.15) is 0 Å². The largest absolute Gasteiger partial charge is 0.326 e. The minimum atomic E-state index is -3.60. The van der Waals surface area contributed by atoms with Gasteiger partial charge < -0.3 is 5.32 Å². The Morgan fingerprint density at radius 3 is 2.58 bits per heavy atom. The smallest absolute Gasteiger partial charge is 0.243 e. The lowest BCUT2D eigenvalue weighted by molar-refractivity contribution is -0.114. The van der Waals surface area contributed by atoms with E-state index in [0.717, 1.165) is 18.5 Å². The van der Waals surface area contributed by atoms with Gasteiger partial charge in [-0.3, -0.25) is 9.78 Å². The molecule has 7 heteroatoms. The van der Waals surface area contributed by atoms with E-state index >= 15 is 0 Å². The highest BCUT2D eigenvalue weighted by Crippen LogP contribution is 2.35. The van der Waals surface area contributed by atoms with Gasteiger partial charge in [0.15, 0.2) is 0 Å². The van der Waals surface area contributed by atoms with Crippen molar-refractivity contribution in [3.05, 3.63) is 54.4 Å². The third-order valence-corrected chi connectivity index (χ3v) is 5.94. The monoisotopic (exact) mass is 345 g/mol. The Labute approximate surface area is 141 Å². The van der Waals surface area contributed by atoms with Crippen molar-refractivity contribution in [1.29, 1.82) is 0 Å². The molecular weight excluding hydrogens is 326 g/mol. The van der Waals surface area contributed by atoms with Crippen molar-refractivity contribution < 1.29 is 13.2 Å². The Balaban J connectivity index is 1.88. The zero-order valence-electron chi connectivity index (χ0n) is 13.3. The highest BCUT2D eigenvalue weighted by atomic mass is 32.2. The summed E-state index contributed by atoms with van der Waals surface area (Å²) in [5.41, 5.74) is 1.34. The van der Waals surface area contributed by atoms with Gasteiger partial charge in [-0.1, -0.05) is 6.07 Å². The fraction of sp³-hybridized carbons (Fsp3) is 0.294. The molecule has 1 saturated heterocycles. The zero-order valence-corrected chi connectivity index (χ0v) is 14.2. The van der Waals surface area contributed by atoms with Crippen LogP contribution in [0.25, 0.3) is 0 Å². The highest BCUT2D eigenvalue weighted by Gasteiger charge is 2.36. The summed E-state index contributed by atoms with van der Waals surface area (Å²) >= 11 is 0. The first kappa shape index (κ1) is 16.6. The third kappa shape index (κ3) is 3.32. The van der Waals surface area contributed by atoms with E-state index in [1.165, 1.54) is 23.4 Å². The van der Waals surface area contributed by atoms with Gasteiger partial charge in [0.05, 0.1) is 16.6 Å². The Kier molecular flexibility index (Phi) is 4.64. The molecule has 2 heterocycles. The maximum absolute atomic E-state index is 13.0. The Morgan fingerprint density at radius 1 is 1.21 bits per heavy atom. The second kappa shape index (κ2) is 6.70. The average Bonchev–Trinajstić information content (AvgIpc) is 3.06. The summed E-state index contributed by atoms with van der Waals surface area (Å²) in [4.78, 5) is 15.6. The molecule has 24 heavy (non-hydrogen) atoms. The maximum atomic E-state index is 13.0. The van der Waals surface area contributed by atoms with Gasteiger partial charge in [-0.15, -0.1) is 0 Å². The van der Waals surface area contributed by atoms with E-state index in [9.17, 15) is 13.2 Å². The molecule has 1 atom stereocenters. The molecular formula is C17H19N3O3S. The molecule has 0 radical (unpaired) electrons. The van der Waals surface area contributed by atoms with Gasteiger partial charge in [-0.25, -0.2) is 8.42 Å². The van der Waals surface area contributed by atoms with E-state index in [1.54, 1.807) is 18.3 Å². The van der Waals surface area contributed by atoms with Crippen molar-refractivity contribution in [3.63, 3.8) is 0 Å². The van der Waals surface area contributed by atoms with Gasteiger partial charge in [-0.05, 0) is 49.2 Å². The molecule has 1 unspecified atom stereocenters. The van der Waals surface area contributed by atoms with Gasteiger partial charge in [-0.2, -0.15) is 4.31 Å². The SMILES string of the molecule is CC(=O)Nc1ccc(S(=O)(=O)N2CCCC2c2ccccn2)cc1. The summed E-state index contributed by atoms with van der Waals surface area (Å²) < 4.78 is 27.4. The number of carbonyl (C=O) groups excluding carboxylic acids is 1. The summed E-state index contributed by atoms with van der Waals surface area (Å²) in [7, 11) is -3.60. The molecule has 1 amide bonds. The summed E-state index contributed by atoms with van der Waals surface area (Å²) in [6, 6.07) is 11.6. The molecule has 6 nitrogen and oxygen atoms in total. The number of carbonyl (C=O) groups is 1. The lowest BCUT2D eigenvalue weighted by atomic mass is 10.1. The van der Waals surface area contributed by atoms with Crippen LogP contribution < -0.4 is 5.32 Å². The van der Waals surface area contributed by atoms with E-state index in [1.807, 2.05) is 18.2 Å². The van der Waals surface area contributed by atoms with Gasteiger partial charge in [0.2, 0.25) is 15.9 Å². The number of nitrogens with one attached hydrogen (secondary N) is 1. The van der Waals surface area contributed by atoms with Crippen LogP contribution in [0.1, 0.15) is 31.5 Å². The van der Waals surface area contributed by atoms with Crippen LogP contribution in [0.3, 0.4) is 0 Å². The summed E-state index contributed by atoms with van der Waals surface area (Å²) in [5.74, 6) is -0.194. The molecule has 0 saturated carbocycles. The number of pyridine rings is 1. The predicted octanol–water partition coefficient (Wildman–Crippen LogP) is 2.57. The van der Waals surface area contributed by atoms with Crippen LogP contribution in [0, 0.1) is 0 Å². The quantitative estimate of drug-likeness (QED) is 0.923. The van der Waals surface area contributed by atoms with Crippen LogP contribution in [0.15, 0.2) is 53.6 Å². The lowest BCUT2D eigenvalue weighted by Crippen LogP contribution is -2.31. The van der Waals surface area contributed by atoms with Gasteiger partial charge in [0, 0.05) is 25.4 Å². The van der Waals surface area contributed by atoms with Crippen molar-refractivity contribution in [2.45, 2.75) is 30.7 Å². The Morgan fingerprint density at radius 2 is 1.96 bits per heavy atom. The van der Waals surface area contributed by atoms with Crippen molar-refractivity contribution in [2.24, 2.45) is 0 Å². The second-order valence-corrected chi connectivity index (χ2v) is 7.62. The standard InChI is InChI=1S/C17H19N3O3S/c1-13(21)19-14-7-9-15(10-8-14)24(22,23)20-12-4-6-17(20)16-5-2-3-11-18-16/h2-3,5,7-11,17H,4,6,12H2,1H3,(H,19,21). The molecule has 0 spiro atoms. The first-order valence-electron chi connectivity index (χ1n) is 7.79. The van der Waals surface area contributed by atoms with Gasteiger partial charge in [0.25, 0.3) is 0 Å². The van der Waals surface area contributed by atoms with Crippen molar-refractivity contribution in [3.8, 4) is 0 Å². The van der Waals surface area contributed by atoms with Crippen molar-refractivity contribution in [1.82, 2.24) is 9.29 Å². The molecule has 1 N–H and O–H groups in total. The number of hydrogen-bond acceptors (Lipinski definition) is 4. The molecule has 1 fully saturated rings. The highest BCUT2D eigenvalue weighted by molar-refractivity contribution is 7.89. The van der Waals surface area contributed by atoms with E-state index in [4.69, 9.17) is 0 Å².